The Kier molecular flexibility index (Phi) is 8.04. The molecule has 1 aromatic heterocycles. The highest BCUT2D eigenvalue weighted by molar-refractivity contribution is 7.09. The number of aliphatic hydroxyl groups excluding tert-OH is 1. The van der Waals surface area contributed by atoms with Gasteiger partial charge in [0.2, 0.25) is 5.91 Å². The molecule has 0 radical (unpaired) electrons. The summed E-state index contributed by atoms with van der Waals surface area (Å²) >= 11 is 1.56. The van der Waals surface area contributed by atoms with Crippen molar-refractivity contribution in [2.75, 3.05) is 11.9 Å². The van der Waals surface area contributed by atoms with Gasteiger partial charge in [-0.3, -0.25) is 14.9 Å². The van der Waals surface area contributed by atoms with Gasteiger partial charge in [0.05, 0.1) is 35.1 Å². The number of anilines is 1. The van der Waals surface area contributed by atoms with Crippen molar-refractivity contribution in [3.8, 4) is 5.75 Å². The topological polar surface area (TPSA) is 161 Å². The number of benzene rings is 3. The molecule has 4 aromatic rings. The van der Waals surface area contributed by atoms with Crippen molar-refractivity contribution >= 4 is 51.3 Å². The Morgan fingerprint density at radius 2 is 1.84 bits per heavy atom. The summed E-state index contributed by atoms with van der Waals surface area (Å²) in [6.07, 6.45) is 0.805. The SMILES string of the molecule is C[C@@H](O)[C@H]1C(=O)N2C(C(=O)OC(=O)c3ccc([N+](=O)[O-])cc3)=C(COc3cccc4c(NCc5nccs5)cccc34)[C@H](C)[C@H]12. The highest BCUT2D eigenvalue weighted by Crippen LogP contribution is 2.47. The van der Waals surface area contributed by atoms with Crippen molar-refractivity contribution < 1.29 is 33.9 Å². The van der Waals surface area contributed by atoms with Gasteiger partial charge < -0.3 is 24.8 Å². The number of rotatable bonds is 10. The van der Waals surface area contributed by atoms with Crippen LogP contribution in [0.2, 0.25) is 0 Å². The smallest absolute Gasteiger partial charge is 0.363 e. The molecule has 0 aliphatic carbocycles. The maximum atomic E-state index is 13.5. The Bertz CT molecular complexity index is 1840. The quantitative estimate of drug-likeness (QED) is 0.0829. The standard InChI is InChI=1S/C32H28N4O8S/c1-17-23(16-43-25-8-4-5-21-22(25)6-3-7-24(21)34-15-26-33-13-14-45-26)29(35-28(17)27(18(2)37)30(35)38)32(40)44-31(39)19-9-11-20(12-10-19)36(41)42/h3-14,17-18,27-28,34,37H,15-16H2,1-2H3/t17-,18+,27+,28+/m0/s1. The van der Waals surface area contributed by atoms with Crippen molar-refractivity contribution in [1.82, 2.24) is 9.88 Å². The summed E-state index contributed by atoms with van der Waals surface area (Å²) < 4.78 is 11.4. The number of thiazole rings is 1. The molecule has 1 fully saturated rings. The van der Waals surface area contributed by atoms with E-state index in [2.05, 4.69) is 10.3 Å². The summed E-state index contributed by atoms with van der Waals surface area (Å²) in [5.74, 6) is -3.08. The molecular formula is C32H28N4O8S. The minimum absolute atomic E-state index is 0.0678. The molecule has 2 N–H and O–H groups in total. The van der Waals surface area contributed by atoms with Crippen LogP contribution in [0.1, 0.15) is 29.2 Å². The number of nitrogens with zero attached hydrogens (tertiary/aromatic N) is 3. The molecule has 3 aromatic carbocycles. The summed E-state index contributed by atoms with van der Waals surface area (Å²) in [5, 5.41) is 29.3. The molecule has 0 saturated carbocycles. The molecule has 0 spiro atoms. The zero-order valence-corrected chi connectivity index (χ0v) is 25.0. The predicted octanol–water partition coefficient (Wildman–Crippen LogP) is 4.69. The third-order valence-corrected chi connectivity index (χ3v) is 8.97. The molecule has 1 amide bonds. The zero-order valence-electron chi connectivity index (χ0n) is 24.2. The maximum absolute atomic E-state index is 13.5. The minimum Gasteiger partial charge on any atom is -0.488 e. The first-order valence-electron chi connectivity index (χ1n) is 14.2. The van der Waals surface area contributed by atoms with Gasteiger partial charge in [0.1, 0.15) is 23.1 Å². The molecule has 2 aliphatic rings. The lowest BCUT2D eigenvalue weighted by Crippen LogP contribution is -2.63. The Morgan fingerprint density at radius 3 is 2.53 bits per heavy atom. The summed E-state index contributed by atoms with van der Waals surface area (Å²) in [6.45, 7) is 3.83. The van der Waals surface area contributed by atoms with E-state index in [4.69, 9.17) is 9.47 Å². The maximum Gasteiger partial charge on any atom is 0.363 e. The van der Waals surface area contributed by atoms with Crippen LogP contribution in [0.4, 0.5) is 11.4 Å². The number of ether oxygens (including phenoxy) is 2. The van der Waals surface area contributed by atoms with E-state index in [0.717, 1.165) is 33.6 Å². The average molecular weight is 629 g/mol. The van der Waals surface area contributed by atoms with Crippen LogP contribution in [0.15, 0.2) is 83.5 Å². The van der Waals surface area contributed by atoms with Crippen LogP contribution in [-0.4, -0.2) is 56.5 Å². The Morgan fingerprint density at radius 1 is 1.11 bits per heavy atom. The van der Waals surface area contributed by atoms with Gasteiger partial charge in [-0.25, -0.2) is 14.6 Å². The van der Waals surface area contributed by atoms with Crippen LogP contribution in [0.25, 0.3) is 10.8 Å². The van der Waals surface area contributed by atoms with Gasteiger partial charge >= 0.3 is 11.9 Å². The van der Waals surface area contributed by atoms with E-state index in [9.17, 15) is 29.6 Å². The average Bonchev–Trinajstić information content (AvgIpc) is 3.63. The number of carbonyl (C=O) groups excluding carboxylic acids is 3. The van der Waals surface area contributed by atoms with E-state index in [1.807, 2.05) is 48.7 Å². The number of carbonyl (C=O) groups is 3. The van der Waals surface area contributed by atoms with Crippen LogP contribution in [-0.2, 0) is 20.9 Å². The second-order valence-electron chi connectivity index (χ2n) is 10.8. The van der Waals surface area contributed by atoms with Crippen molar-refractivity contribution in [2.45, 2.75) is 32.5 Å². The third-order valence-electron chi connectivity index (χ3n) is 8.19. The van der Waals surface area contributed by atoms with Crippen molar-refractivity contribution in [3.05, 3.63) is 104 Å². The second-order valence-corrected chi connectivity index (χ2v) is 11.8. The number of aromatic nitrogens is 1. The summed E-state index contributed by atoms with van der Waals surface area (Å²) in [7, 11) is 0. The summed E-state index contributed by atoms with van der Waals surface area (Å²) in [5.41, 5.74) is 0.953. The number of amides is 1. The lowest BCUT2D eigenvalue weighted by Gasteiger charge is -2.46. The number of β-lactam (4-membered cyclic amide) rings is 1. The van der Waals surface area contributed by atoms with Gasteiger partial charge in [-0.05, 0) is 31.2 Å². The van der Waals surface area contributed by atoms with Gasteiger partial charge in [-0.1, -0.05) is 31.2 Å². The first-order chi connectivity index (χ1) is 21.7. The van der Waals surface area contributed by atoms with Gasteiger partial charge in [0.25, 0.3) is 5.69 Å². The molecule has 6 rings (SSSR count). The molecule has 0 unspecified atom stereocenters. The van der Waals surface area contributed by atoms with Gasteiger partial charge in [-0.15, -0.1) is 11.3 Å². The van der Waals surface area contributed by atoms with E-state index in [1.165, 1.54) is 24.0 Å². The number of hydrogen-bond donors (Lipinski definition) is 2. The highest BCUT2D eigenvalue weighted by atomic mass is 32.1. The first kappa shape index (κ1) is 29.9. The lowest BCUT2D eigenvalue weighted by atomic mass is 9.78. The number of nitro groups is 1. The molecule has 1 saturated heterocycles. The fourth-order valence-corrected chi connectivity index (χ4v) is 6.52. The fraction of sp³-hybridized carbons (Fsp3) is 0.250. The van der Waals surface area contributed by atoms with Crippen LogP contribution in [0, 0.1) is 22.0 Å². The molecule has 2 aliphatic heterocycles. The van der Waals surface area contributed by atoms with Crippen molar-refractivity contribution in [1.29, 1.82) is 0 Å². The Hall–Kier alpha value is -5.14. The highest BCUT2D eigenvalue weighted by Gasteiger charge is 2.60. The third kappa shape index (κ3) is 5.51. The number of nitro benzene ring substituents is 1. The number of hydrogen-bond acceptors (Lipinski definition) is 11. The van der Waals surface area contributed by atoms with E-state index in [1.54, 1.807) is 17.5 Å². The summed E-state index contributed by atoms with van der Waals surface area (Å²) in [4.78, 5) is 55.3. The Balaban J connectivity index is 1.27. The number of esters is 2. The van der Waals surface area contributed by atoms with Crippen molar-refractivity contribution in [3.63, 3.8) is 0 Å². The molecule has 13 heteroatoms. The van der Waals surface area contributed by atoms with Gasteiger partial charge in [0, 0.05) is 51.7 Å². The molecule has 3 heterocycles. The number of aliphatic hydroxyl groups is 1. The monoisotopic (exact) mass is 628 g/mol. The molecule has 230 valence electrons. The van der Waals surface area contributed by atoms with Gasteiger partial charge in [0.15, 0.2) is 0 Å². The molecule has 12 nitrogen and oxygen atoms in total. The van der Waals surface area contributed by atoms with E-state index in [-0.39, 0.29) is 29.5 Å². The van der Waals surface area contributed by atoms with Crippen LogP contribution >= 0.6 is 11.3 Å². The minimum atomic E-state index is -1.05. The number of fused-ring (bicyclic) bond motifs is 2. The van der Waals surface area contributed by atoms with Crippen molar-refractivity contribution in [2.24, 2.45) is 11.8 Å². The van der Waals surface area contributed by atoms with E-state index in [0.29, 0.717) is 17.9 Å². The first-order valence-corrected chi connectivity index (χ1v) is 15.1. The predicted molar refractivity (Wildman–Crippen MR) is 164 cm³/mol. The molecule has 45 heavy (non-hydrogen) atoms. The van der Waals surface area contributed by atoms with Gasteiger partial charge in [-0.2, -0.15) is 0 Å². The second kappa shape index (κ2) is 12.1. The largest absolute Gasteiger partial charge is 0.488 e. The Labute approximate surface area is 261 Å². The van der Waals surface area contributed by atoms with Crippen LogP contribution < -0.4 is 10.1 Å². The molecular weight excluding hydrogens is 600 g/mol. The number of nitrogens with one attached hydrogen (secondary N) is 1. The van der Waals surface area contributed by atoms with Crippen LogP contribution in [0.3, 0.4) is 0 Å². The normalized spacial score (nSPS) is 19.6. The fourth-order valence-electron chi connectivity index (χ4n) is 5.96. The zero-order chi connectivity index (χ0) is 31.8. The van der Waals surface area contributed by atoms with E-state index >= 15 is 0 Å². The van der Waals surface area contributed by atoms with E-state index < -0.39 is 40.8 Å². The number of non-ortho nitro benzene ring substituents is 1. The van der Waals surface area contributed by atoms with Crippen LogP contribution in [0.5, 0.6) is 5.75 Å². The summed E-state index contributed by atoms with van der Waals surface area (Å²) in [6, 6.07) is 15.5. The molecule has 0 bridgehead atoms. The lowest BCUT2D eigenvalue weighted by molar-refractivity contribution is -0.384. The molecule has 4 atom stereocenters.